The molecule has 0 atom stereocenters. The summed E-state index contributed by atoms with van der Waals surface area (Å²) < 4.78 is 13.2. The fraction of sp³-hybridized carbons (Fsp3) is 0.176. The van der Waals surface area contributed by atoms with Gasteiger partial charge < -0.3 is 9.80 Å². The Balaban J connectivity index is 2.21. The first-order chi connectivity index (χ1) is 10.4. The Morgan fingerprint density at radius 2 is 1.45 bits per heavy atom. The third-order valence-electron chi connectivity index (χ3n) is 3.47. The summed E-state index contributed by atoms with van der Waals surface area (Å²) >= 11 is 0. The molecule has 0 aliphatic heterocycles. The zero-order valence-electron chi connectivity index (χ0n) is 12.7. The summed E-state index contributed by atoms with van der Waals surface area (Å²) in [5.41, 5.74) is 1.69. The van der Waals surface area contributed by atoms with Gasteiger partial charge in [-0.15, -0.1) is 0 Å². The van der Waals surface area contributed by atoms with E-state index in [0.717, 1.165) is 5.69 Å². The number of carbonyl (C=O) groups excluding carboxylic acids is 2. The lowest BCUT2D eigenvalue weighted by Gasteiger charge is -2.20. The number of rotatable bonds is 3. The number of amides is 2. The first kappa shape index (κ1) is 15.7. The van der Waals surface area contributed by atoms with Crippen molar-refractivity contribution in [3.8, 4) is 0 Å². The van der Waals surface area contributed by atoms with E-state index in [0.29, 0.717) is 5.69 Å². The molecule has 5 heteroatoms. The van der Waals surface area contributed by atoms with E-state index >= 15 is 0 Å². The third kappa shape index (κ3) is 3.31. The smallest absolute Gasteiger partial charge is 0.258 e. The van der Waals surface area contributed by atoms with Gasteiger partial charge in [0.25, 0.3) is 5.91 Å². The molecule has 22 heavy (non-hydrogen) atoms. The van der Waals surface area contributed by atoms with Crippen LogP contribution in [0.1, 0.15) is 17.3 Å². The van der Waals surface area contributed by atoms with Crippen LogP contribution in [-0.2, 0) is 4.79 Å². The number of halogens is 1. The van der Waals surface area contributed by atoms with Gasteiger partial charge in [0, 0.05) is 38.0 Å². The van der Waals surface area contributed by atoms with Crippen molar-refractivity contribution in [3.05, 3.63) is 59.9 Å². The van der Waals surface area contributed by atoms with Crippen molar-refractivity contribution < 1.29 is 14.0 Å². The summed E-state index contributed by atoms with van der Waals surface area (Å²) in [6.07, 6.45) is 0. The molecule has 0 saturated heterocycles. The number of anilines is 2. The summed E-state index contributed by atoms with van der Waals surface area (Å²) in [5.74, 6) is -0.818. The standard InChI is InChI=1S/C17H17FN2O2/c1-12(21)19(2)15-7-9-16(10-8-15)20(3)17(22)13-5-4-6-14(18)11-13/h4-11H,1-3H3. The van der Waals surface area contributed by atoms with Gasteiger partial charge in [-0.05, 0) is 42.5 Å². The lowest BCUT2D eigenvalue weighted by atomic mass is 10.1. The zero-order chi connectivity index (χ0) is 16.3. The predicted octanol–water partition coefficient (Wildman–Crippen LogP) is 3.09. The fourth-order valence-electron chi connectivity index (χ4n) is 2.01. The van der Waals surface area contributed by atoms with E-state index in [1.54, 1.807) is 44.4 Å². The van der Waals surface area contributed by atoms with Crippen molar-refractivity contribution in [2.24, 2.45) is 0 Å². The van der Waals surface area contributed by atoms with Crippen molar-refractivity contribution in [1.29, 1.82) is 0 Å². The molecule has 0 spiro atoms. The summed E-state index contributed by atoms with van der Waals surface area (Å²) in [7, 11) is 3.30. The second kappa shape index (κ2) is 6.39. The Bertz CT molecular complexity index is 698. The monoisotopic (exact) mass is 300 g/mol. The van der Waals surface area contributed by atoms with Crippen molar-refractivity contribution in [3.63, 3.8) is 0 Å². The van der Waals surface area contributed by atoms with Crippen LogP contribution in [0.5, 0.6) is 0 Å². The minimum Gasteiger partial charge on any atom is -0.316 e. The van der Waals surface area contributed by atoms with E-state index in [-0.39, 0.29) is 17.4 Å². The van der Waals surface area contributed by atoms with E-state index in [4.69, 9.17) is 0 Å². The maximum absolute atomic E-state index is 13.2. The third-order valence-corrected chi connectivity index (χ3v) is 3.47. The van der Waals surface area contributed by atoms with Crippen LogP contribution in [0.15, 0.2) is 48.5 Å². The quantitative estimate of drug-likeness (QED) is 0.874. The van der Waals surface area contributed by atoms with Gasteiger partial charge in [0.2, 0.25) is 5.91 Å². The van der Waals surface area contributed by atoms with Gasteiger partial charge in [-0.25, -0.2) is 4.39 Å². The first-order valence-corrected chi connectivity index (χ1v) is 6.78. The second-order valence-corrected chi connectivity index (χ2v) is 4.97. The molecule has 0 aliphatic carbocycles. The molecule has 2 aromatic rings. The molecular weight excluding hydrogens is 283 g/mol. The Kier molecular flexibility index (Phi) is 4.56. The van der Waals surface area contributed by atoms with Gasteiger partial charge in [-0.3, -0.25) is 9.59 Å². The highest BCUT2D eigenvalue weighted by molar-refractivity contribution is 6.05. The topological polar surface area (TPSA) is 40.6 Å². The average Bonchev–Trinajstić information content (AvgIpc) is 2.52. The summed E-state index contributed by atoms with van der Waals surface area (Å²) in [4.78, 5) is 26.6. The molecule has 2 amide bonds. The second-order valence-electron chi connectivity index (χ2n) is 4.97. The van der Waals surface area contributed by atoms with Gasteiger partial charge in [0.05, 0.1) is 0 Å². The Morgan fingerprint density at radius 3 is 1.95 bits per heavy atom. The molecule has 0 aromatic heterocycles. The molecule has 0 radical (unpaired) electrons. The number of nitrogens with zero attached hydrogens (tertiary/aromatic N) is 2. The van der Waals surface area contributed by atoms with Crippen molar-refractivity contribution in [2.45, 2.75) is 6.92 Å². The van der Waals surface area contributed by atoms with Crippen LogP contribution in [0.3, 0.4) is 0 Å². The Labute approximate surface area is 128 Å². The van der Waals surface area contributed by atoms with Crippen LogP contribution in [-0.4, -0.2) is 25.9 Å². The van der Waals surface area contributed by atoms with Crippen LogP contribution in [0.25, 0.3) is 0 Å². The average molecular weight is 300 g/mol. The molecule has 0 bridgehead atoms. The molecule has 0 N–H and O–H groups in total. The Hall–Kier alpha value is -2.69. The van der Waals surface area contributed by atoms with Crippen LogP contribution in [0.4, 0.5) is 15.8 Å². The lowest BCUT2D eigenvalue weighted by Crippen LogP contribution is -2.26. The maximum atomic E-state index is 13.2. The van der Waals surface area contributed by atoms with Crippen LogP contribution >= 0.6 is 0 Å². The fourth-order valence-corrected chi connectivity index (χ4v) is 2.01. The van der Waals surface area contributed by atoms with Gasteiger partial charge in [-0.1, -0.05) is 6.07 Å². The summed E-state index contributed by atoms with van der Waals surface area (Å²) in [6.45, 7) is 1.48. The highest BCUT2D eigenvalue weighted by Gasteiger charge is 2.14. The molecule has 2 aromatic carbocycles. The van der Waals surface area contributed by atoms with Gasteiger partial charge in [-0.2, -0.15) is 0 Å². The summed E-state index contributed by atoms with van der Waals surface area (Å²) in [5, 5.41) is 0. The minimum atomic E-state index is -0.447. The van der Waals surface area contributed by atoms with Crippen molar-refractivity contribution in [2.75, 3.05) is 23.9 Å². The summed E-state index contributed by atoms with van der Waals surface area (Å²) in [6, 6.07) is 12.6. The van der Waals surface area contributed by atoms with Crippen LogP contribution in [0, 0.1) is 5.82 Å². The lowest BCUT2D eigenvalue weighted by molar-refractivity contribution is -0.116. The molecule has 2 rings (SSSR count). The van der Waals surface area contributed by atoms with Crippen molar-refractivity contribution >= 4 is 23.2 Å². The predicted molar refractivity (Wildman–Crippen MR) is 84.7 cm³/mol. The molecule has 0 fully saturated rings. The molecule has 0 unspecified atom stereocenters. The van der Waals surface area contributed by atoms with Gasteiger partial charge in [0.15, 0.2) is 0 Å². The van der Waals surface area contributed by atoms with E-state index < -0.39 is 5.82 Å². The van der Waals surface area contributed by atoms with Crippen LogP contribution in [0.2, 0.25) is 0 Å². The van der Waals surface area contributed by atoms with E-state index in [1.807, 2.05) is 0 Å². The first-order valence-electron chi connectivity index (χ1n) is 6.78. The highest BCUT2D eigenvalue weighted by Crippen LogP contribution is 2.21. The Morgan fingerprint density at radius 1 is 0.909 bits per heavy atom. The number of carbonyl (C=O) groups is 2. The van der Waals surface area contributed by atoms with E-state index in [9.17, 15) is 14.0 Å². The molecule has 114 valence electrons. The molecule has 0 heterocycles. The normalized spacial score (nSPS) is 10.2. The van der Waals surface area contributed by atoms with E-state index in [1.165, 1.54) is 34.9 Å². The largest absolute Gasteiger partial charge is 0.316 e. The number of hydrogen-bond donors (Lipinski definition) is 0. The van der Waals surface area contributed by atoms with Gasteiger partial charge in [0.1, 0.15) is 5.82 Å². The number of benzene rings is 2. The maximum Gasteiger partial charge on any atom is 0.258 e. The zero-order valence-corrected chi connectivity index (χ0v) is 12.7. The van der Waals surface area contributed by atoms with Gasteiger partial charge >= 0.3 is 0 Å². The highest BCUT2D eigenvalue weighted by atomic mass is 19.1. The minimum absolute atomic E-state index is 0.0723. The van der Waals surface area contributed by atoms with E-state index in [2.05, 4.69) is 0 Å². The molecule has 0 aliphatic rings. The molecule has 0 saturated carbocycles. The molecule has 4 nitrogen and oxygen atoms in total. The van der Waals surface area contributed by atoms with Crippen LogP contribution < -0.4 is 9.80 Å². The van der Waals surface area contributed by atoms with Crippen molar-refractivity contribution in [1.82, 2.24) is 0 Å². The molecular formula is C17H17FN2O2. The SMILES string of the molecule is CC(=O)N(C)c1ccc(N(C)C(=O)c2cccc(F)c2)cc1. The number of hydrogen-bond acceptors (Lipinski definition) is 2.